The number of aromatic nitrogens is 4. The van der Waals surface area contributed by atoms with Crippen molar-refractivity contribution in [3.8, 4) is 28.0 Å². The molecule has 110 valence electrons. The number of nitrogens with zero attached hydrogens (tertiary/aromatic N) is 5. The van der Waals surface area contributed by atoms with Gasteiger partial charge in [-0.2, -0.15) is 14.9 Å². The van der Waals surface area contributed by atoms with E-state index in [1.165, 1.54) is 28.0 Å². The van der Waals surface area contributed by atoms with Gasteiger partial charge in [-0.25, -0.2) is 9.37 Å². The van der Waals surface area contributed by atoms with E-state index in [1.54, 1.807) is 30.5 Å². The second kappa shape index (κ2) is 5.26. The van der Waals surface area contributed by atoms with Gasteiger partial charge < -0.3 is 0 Å². The van der Waals surface area contributed by atoms with Crippen LogP contribution in [0.1, 0.15) is 5.69 Å². The van der Waals surface area contributed by atoms with E-state index in [0.717, 1.165) is 0 Å². The second-order valence-corrected chi connectivity index (χ2v) is 5.70. The van der Waals surface area contributed by atoms with Crippen LogP contribution in [0, 0.1) is 17.1 Å². The average Bonchev–Trinajstić information content (AvgIpc) is 3.13. The first kappa shape index (κ1) is 13.5. The summed E-state index contributed by atoms with van der Waals surface area (Å²) in [6.45, 7) is 0. The summed E-state index contributed by atoms with van der Waals surface area (Å²) in [7, 11) is 0. The lowest BCUT2D eigenvalue weighted by atomic mass is 10.2. The Balaban J connectivity index is 1.89. The minimum atomic E-state index is -0.329. The molecule has 23 heavy (non-hydrogen) atoms. The summed E-state index contributed by atoms with van der Waals surface area (Å²) in [6.07, 6.45) is 1.65. The highest BCUT2D eigenvalue weighted by Gasteiger charge is 2.19. The zero-order valence-electron chi connectivity index (χ0n) is 11.6. The molecule has 0 radical (unpaired) electrons. The first-order valence-electron chi connectivity index (χ1n) is 6.73. The average molecular weight is 321 g/mol. The summed E-state index contributed by atoms with van der Waals surface area (Å²) in [6, 6.07) is 13.7. The largest absolute Gasteiger partial charge is 0.255 e. The van der Waals surface area contributed by atoms with E-state index in [4.69, 9.17) is 0 Å². The molecule has 4 rings (SSSR count). The topological polar surface area (TPSA) is 66.9 Å². The van der Waals surface area contributed by atoms with Crippen molar-refractivity contribution in [1.29, 1.82) is 5.26 Å². The van der Waals surface area contributed by atoms with Gasteiger partial charge in [0.05, 0.1) is 5.69 Å². The molecule has 0 unspecified atom stereocenters. The van der Waals surface area contributed by atoms with Crippen LogP contribution in [0.25, 0.3) is 26.9 Å². The van der Waals surface area contributed by atoms with E-state index in [1.807, 2.05) is 6.07 Å². The highest BCUT2D eigenvalue weighted by molar-refractivity contribution is 7.19. The molecule has 0 spiro atoms. The maximum atomic E-state index is 13.4. The molecule has 0 fully saturated rings. The van der Waals surface area contributed by atoms with Gasteiger partial charge in [-0.05, 0) is 24.3 Å². The summed E-state index contributed by atoms with van der Waals surface area (Å²) >= 11 is 1.30. The number of benzene rings is 1. The molecule has 0 aliphatic rings. The monoisotopic (exact) mass is 321 g/mol. The fourth-order valence-corrected chi connectivity index (χ4v) is 3.16. The van der Waals surface area contributed by atoms with E-state index in [-0.39, 0.29) is 5.82 Å². The molecule has 4 aromatic rings. The number of halogens is 1. The molecule has 0 N–H and O–H groups in total. The van der Waals surface area contributed by atoms with Crippen molar-refractivity contribution in [2.75, 3.05) is 0 Å². The van der Waals surface area contributed by atoms with Gasteiger partial charge in [-0.15, -0.1) is 0 Å². The van der Waals surface area contributed by atoms with E-state index in [2.05, 4.69) is 21.1 Å². The number of pyridine rings is 1. The molecule has 0 saturated carbocycles. The van der Waals surface area contributed by atoms with E-state index >= 15 is 0 Å². The summed E-state index contributed by atoms with van der Waals surface area (Å²) in [4.78, 5) is 9.26. The molecule has 0 aliphatic carbocycles. The zero-order valence-corrected chi connectivity index (χ0v) is 12.5. The Labute approximate surface area is 134 Å². The first-order chi connectivity index (χ1) is 11.3. The fraction of sp³-hybridized carbons (Fsp3) is 0. The van der Waals surface area contributed by atoms with Crippen molar-refractivity contribution in [1.82, 2.24) is 19.6 Å². The predicted molar refractivity (Wildman–Crippen MR) is 84.2 cm³/mol. The molecule has 0 bridgehead atoms. The lowest BCUT2D eigenvalue weighted by Gasteiger charge is -1.96. The minimum absolute atomic E-state index is 0.317. The van der Waals surface area contributed by atoms with Crippen molar-refractivity contribution < 1.29 is 4.39 Å². The normalized spacial score (nSPS) is 10.8. The number of hydrogen-bond donors (Lipinski definition) is 0. The van der Waals surface area contributed by atoms with Gasteiger partial charge in [0.25, 0.3) is 0 Å². The summed E-state index contributed by atoms with van der Waals surface area (Å²) < 4.78 is 14.8. The van der Waals surface area contributed by atoms with Crippen molar-refractivity contribution in [3.63, 3.8) is 0 Å². The standard InChI is InChI=1S/C16H8FN5S/c17-11-5-3-4-10(8-11)15-21-22-13(9-18)14(20-16(22)23-15)12-6-1-2-7-19-12/h1-8H. The molecule has 0 saturated heterocycles. The molecule has 7 heteroatoms. The van der Waals surface area contributed by atoms with Gasteiger partial charge in [-0.3, -0.25) is 4.98 Å². The third-order valence-electron chi connectivity index (χ3n) is 3.29. The van der Waals surface area contributed by atoms with Crippen molar-refractivity contribution in [2.24, 2.45) is 0 Å². The van der Waals surface area contributed by atoms with Gasteiger partial charge >= 0.3 is 0 Å². The third-order valence-corrected chi connectivity index (χ3v) is 4.25. The quantitative estimate of drug-likeness (QED) is 0.566. The lowest BCUT2D eigenvalue weighted by molar-refractivity contribution is 0.628. The van der Waals surface area contributed by atoms with Gasteiger partial charge in [-0.1, -0.05) is 29.5 Å². The number of nitriles is 1. The molecule has 0 atom stereocenters. The zero-order chi connectivity index (χ0) is 15.8. The highest BCUT2D eigenvalue weighted by atomic mass is 32.1. The van der Waals surface area contributed by atoms with Crippen LogP contribution in [0.4, 0.5) is 4.39 Å². The van der Waals surface area contributed by atoms with Crippen molar-refractivity contribution in [3.05, 3.63) is 60.2 Å². The molecule has 0 aliphatic heterocycles. The molecule has 0 amide bonds. The van der Waals surface area contributed by atoms with Crippen LogP contribution in [-0.4, -0.2) is 19.6 Å². The smallest absolute Gasteiger partial charge is 0.214 e. The summed E-state index contributed by atoms with van der Waals surface area (Å²) in [5.41, 5.74) is 2.09. The van der Waals surface area contributed by atoms with E-state index < -0.39 is 0 Å². The SMILES string of the molecule is N#Cc1c(-c2ccccn2)nc2sc(-c3cccc(F)c3)nn12. The molecule has 3 heterocycles. The first-order valence-corrected chi connectivity index (χ1v) is 7.55. The predicted octanol–water partition coefficient (Wildman–Crippen LogP) is 3.53. The van der Waals surface area contributed by atoms with Gasteiger partial charge in [0.15, 0.2) is 5.69 Å². The number of fused-ring (bicyclic) bond motifs is 1. The van der Waals surface area contributed by atoms with E-state index in [0.29, 0.717) is 32.6 Å². The maximum Gasteiger partial charge on any atom is 0.214 e. The number of imidazole rings is 1. The molecule has 5 nitrogen and oxygen atoms in total. The molecular weight excluding hydrogens is 313 g/mol. The van der Waals surface area contributed by atoms with Crippen LogP contribution in [0.15, 0.2) is 48.7 Å². The Morgan fingerprint density at radius 1 is 1.17 bits per heavy atom. The Hall–Kier alpha value is -3.11. The van der Waals surface area contributed by atoms with Crippen LogP contribution in [-0.2, 0) is 0 Å². The van der Waals surface area contributed by atoms with Crippen molar-refractivity contribution >= 4 is 16.3 Å². The number of hydrogen-bond acceptors (Lipinski definition) is 5. The third kappa shape index (κ3) is 2.25. The fourth-order valence-electron chi connectivity index (χ4n) is 2.27. The highest BCUT2D eigenvalue weighted by Crippen LogP contribution is 2.30. The van der Waals surface area contributed by atoms with Crippen LogP contribution in [0.5, 0.6) is 0 Å². The second-order valence-electron chi connectivity index (χ2n) is 4.75. The Bertz CT molecular complexity index is 1050. The van der Waals surface area contributed by atoms with Crippen LogP contribution in [0.2, 0.25) is 0 Å². The summed E-state index contributed by atoms with van der Waals surface area (Å²) in [5.74, 6) is -0.329. The molecule has 1 aromatic carbocycles. The van der Waals surface area contributed by atoms with Crippen LogP contribution < -0.4 is 0 Å². The van der Waals surface area contributed by atoms with Gasteiger partial charge in [0, 0.05) is 11.8 Å². The Morgan fingerprint density at radius 3 is 2.83 bits per heavy atom. The van der Waals surface area contributed by atoms with Gasteiger partial charge in [0.2, 0.25) is 4.96 Å². The Kier molecular flexibility index (Phi) is 3.10. The molecule has 3 aromatic heterocycles. The van der Waals surface area contributed by atoms with Gasteiger partial charge in [0.1, 0.15) is 22.6 Å². The van der Waals surface area contributed by atoms with Crippen LogP contribution >= 0.6 is 11.3 Å². The minimum Gasteiger partial charge on any atom is -0.255 e. The molecular formula is C16H8FN5S. The maximum absolute atomic E-state index is 13.4. The number of rotatable bonds is 2. The Morgan fingerprint density at radius 2 is 2.09 bits per heavy atom. The summed E-state index contributed by atoms with van der Waals surface area (Å²) in [5, 5.41) is 14.5. The van der Waals surface area contributed by atoms with E-state index in [9.17, 15) is 9.65 Å². The lowest BCUT2D eigenvalue weighted by Crippen LogP contribution is -1.92. The van der Waals surface area contributed by atoms with Crippen LogP contribution in [0.3, 0.4) is 0 Å². The van der Waals surface area contributed by atoms with Crippen molar-refractivity contribution in [2.45, 2.75) is 0 Å².